The molecule has 4 aromatic rings. The largest absolute Gasteiger partial charge is 0.338 e. The number of aromatic nitrogens is 5. The maximum atomic E-state index is 13.8. The summed E-state index contributed by atoms with van der Waals surface area (Å²) in [5.74, 6) is 0.244. The van der Waals surface area contributed by atoms with Crippen LogP contribution in [0, 0.1) is 17.2 Å². The zero-order valence-electron chi connectivity index (χ0n) is 24.7. The molecule has 0 unspecified atom stereocenters. The van der Waals surface area contributed by atoms with Gasteiger partial charge in [0, 0.05) is 61.6 Å². The van der Waals surface area contributed by atoms with E-state index in [-0.39, 0.29) is 29.8 Å². The molecular formula is C30H34F2N10O2. The number of nitrogens with one attached hydrogen (secondary N) is 1. The number of hydrogen-bond donors (Lipinski definition) is 2. The van der Waals surface area contributed by atoms with Crippen LogP contribution in [0.1, 0.15) is 48.8 Å². The number of fused-ring (bicyclic) bond motifs is 1. The Morgan fingerprint density at radius 2 is 1.86 bits per heavy atom. The van der Waals surface area contributed by atoms with E-state index in [1.807, 2.05) is 32.9 Å². The van der Waals surface area contributed by atoms with Crippen molar-refractivity contribution in [1.29, 1.82) is 5.26 Å². The van der Waals surface area contributed by atoms with Crippen LogP contribution in [0.5, 0.6) is 0 Å². The van der Waals surface area contributed by atoms with Gasteiger partial charge in [-0.15, -0.1) is 0 Å². The third-order valence-electron chi connectivity index (χ3n) is 7.79. The number of imidazole rings is 1. The Balaban J connectivity index is 1.34. The van der Waals surface area contributed by atoms with Gasteiger partial charge in [-0.1, -0.05) is 20.8 Å². The fourth-order valence-electron chi connectivity index (χ4n) is 5.26. The Bertz CT molecular complexity index is 1720. The molecule has 3 aromatic heterocycles. The van der Waals surface area contributed by atoms with Crippen molar-refractivity contribution in [1.82, 2.24) is 33.9 Å². The van der Waals surface area contributed by atoms with E-state index in [9.17, 15) is 18.4 Å². The van der Waals surface area contributed by atoms with Gasteiger partial charge < -0.3 is 20.9 Å². The number of nitriles is 1. The zero-order valence-corrected chi connectivity index (χ0v) is 24.7. The summed E-state index contributed by atoms with van der Waals surface area (Å²) in [7, 11) is 0. The SMILES string of the molecule is CCc1cc(Nc2nccn3c(-c4cn(CC#N)nc4C(F)F)cnc23)ccc1C(=O)N1CCN(C(=O)[C@H](N)C(C)C)CC1. The molecule has 44 heavy (non-hydrogen) atoms. The van der Waals surface area contributed by atoms with Crippen molar-refractivity contribution in [2.45, 2.75) is 46.2 Å². The van der Waals surface area contributed by atoms with Gasteiger partial charge in [-0.2, -0.15) is 10.4 Å². The van der Waals surface area contributed by atoms with Crippen molar-refractivity contribution in [3.05, 3.63) is 59.8 Å². The first-order valence-corrected chi connectivity index (χ1v) is 14.4. The Labute approximate surface area is 253 Å². The average molecular weight is 605 g/mol. The molecule has 1 aromatic carbocycles. The minimum atomic E-state index is -2.84. The maximum Gasteiger partial charge on any atom is 0.282 e. The number of alkyl halides is 2. The van der Waals surface area contributed by atoms with Crippen LogP contribution in [0.15, 0.2) is 43.0 Å². The highest BCUT2D eigenvalue weighted by Crippen LogP contribution is 2.32. The van der Waals surface area contributed by atoms with E-state index in [2.05, 4.69) is 20.4 Å². The number of nitrogens with two attached hydrogens (primary N) is 1. The number of carbonyl (C=O) groups is 2. The normalized spacial score (nSPS) is 14.3. The summed E-state index contributed by atoms with van der Waals surface area (Å²) < 4.78 is 30.3. The van der Waals surface area contributed by atoms with Crippen molar-refractivity contribution in [3.8, 4) is 17.3 Å². The lowest BCUT2D eigenvalue weighted by Gasteiger charge is -2.36. The van der Waals surface area contributed by atoms with Gasteiger partial charge in [0.05, 0.1) is 24.0 Å². The monoisotopic (exact) mass is 604 g/mol. The van der Waals surface area contributed by atoms with E-state index in [4.69, 9.17) is 11.0 Å². The van der Waals surface area contributed by atoms with Gasteiger partial charge in [-0.05, 0) is 36.1 Å². The van der Waals surface area contributed by atoms with Crippen LogP contribution < -0.4 is 11.1 Å². The van der Waals surface area contributed by atoms with E-state index in [0.29, 0.717) is 61.0 Å². The van der Waals surface area contributed by atoms with Crippen LogP contribution in [0.3, 0.4) is 0 Å². The predicted octanol–water partition coefficient (Wildman–Crippen LogP) is 3.63. The van der Waals surface area contributed by atoms with Crippen molar-refractivity contribution >= 4 is 29.0 Å². The third-order valence-corrected chi connectivity index (χ3v) is 7.79. The number of benzene rings is 1. The number of rotatable bonds is 9. The number of amides is 2. The van der Waals surface area contributed by atoms with E-state index in [0.717, 1.165) is 5.56 Å². The van der Waals surface area contributed by atoms with Crippen LogP contribution in [0.2, 0.25) is 0 Å². The Hall–Kier alpha value is -4.90. The predicted molar refractivity (Wildman–Crippen MR) is 159 cm³/mol. The second kappa shape index (κ2) is 12.8. The molecule has 12 nitrogen and oxygen atoms in total. The second-order valence-corrected chi connectivity index (χ2v) is 10.9. The fraction of sp³-hybridized carbons (Fsp3) is 0.400. The lowest BCUT2D eigenvalue weighted by Crippen LogP contribution is -2.55. The van der Waals surface area contributed by atoms with Crippen molar-refractivity contribution in [2.24, 2.45) is 11.7 Å². The molecule has 1 aliphatic rings. The second-order valence-electron chi connectivity index (χ2n) is 10.9. The molecule has 0 saturated carbocycles. The summed E-state index contributed by atoms with van der Waals surface area (Å²) in [4.78, 5) is 38.4. The number of nitrogens with zero attached hydrogens (tertiary/aromatic N) is 8. The van der Waals surface area contributed by atoms with Crippen molar-refractivity contribution in [2.75, 3.05) is 31.5 Å². The number of piperazine rings is 1. The maximum absolute atomic E-state index is 13.8. The summed E-state index contributed by atoms with van der Waals surface area (Å²) in [5, 5.41) is 16.1. The molecule has 1 aliphatic heterocycles. The molecule has 3 N–H and O–H groups in total. The minimum absolute atomic E-state index is 0.0396. The molecule has 230 valence electrons. The van der Waals surface area contributed by atoms with Gasteiger partial charge in [0.25, 0.3) is 12.3 Å². The van der Waals surface area contributed by atoms with Gasteiger partial charge in [-0.3, -0.25) is 18.7 Å². The zero-order chi connectivity index (χ0) is 31.5. The average Bonchev–Trinajstić information content (AvgIpc) is 3.65. The molecule has 14 heteroatoms. The number of hydrogen-bond acceptors (Lipinski definition) is 8. The molecule has 0 aliphatic carbocycles. The van der Waals surface area contributed by atoms with Gasteiger partial charge >= 0.3 is 0 Å². The Kier molecular flexibility index (Phi) is 8.86. The first-order chi connectivity index (χ1) is 21.1. The molecular weight excluding hydrogens is 570 g/mol. The van der Waals surface area contributed by atoms with Crippen LogP contribution in [-0.2, 0) is 17.8 Å². The lowest BCUT2D eigenvalue weighted by atomic mass is 10.0. The molecule has 4 heterocycles. The lowest BCUT2D eigenvalue weighted by molar-refractivity contribution is -0.135. The molecule has 0 bridgehead atoms. The summed E-state index contributed by atoms with van der Waals surface area (Å²) in [6.07, 6.45) is 3.78. The first kappa shape index (κ1) is 30.6. The number of carbonyl (C=O) groups excluding carboxylic acids is 2. The Morgan fingerprint density at radius 3 is 2.52 bits per heavy atom. The number of anilines is 2. The summed E-state index contributed by atoms with van der Waals surface area (Å²) in [6.45, 7) is 7.36. The number of halogens is 2. The fourth-order valence-corrected chi connectivity index (χ4v) is 5.26. The smallest absolute Gasteiger partial charge is 0.282 e. The van der Waals surface area contributed by atoms with Gasteiger partial charge in [-0.25, -0.2) is 18.7 Å². The van der Waals surface area contributed by atoms with Crippen LogP contribution in [-0.4, -0.2) is 78.0 Å². The summed E-state index contributed by atoms with van der Waals surface area (Å²) in [5.41, 5.74) is 8.66. The molecule has 0 spiro atoms. The molecule has 1 atom stereocenters. The third kappa shape index (κ3) is 5.96. The van der Waals surface area contributed by atoms with Crippen LogP contribution >= 0.6 is 0 Å². The summed E-state index contributed by atoms with van der Waals surface area (Å²) in [6, 6.07) is 6.78. The van der Waals surface area contributed by atoms with E-state index >= 15 is 0 Å². The van der Waals surface area contributed by atoms with E-state index < -0.39 is 18.2 Å². The molecule has 1 fully saturated rings. The standard InChI is InChI=1S/C30H34F2N10O2/c1-4-19-15-20(5-6-21(19)29(43)39-11-13-40(14-12-39)30(44)24(34)18(2)3)37-27-28-36-16-23(42(28)10-8-35-27)22-17-41(9-7-33)38-25(22)26(31)32/h5-6,8,10,15-18,24,26H,4,9,11-14,34H2,1-3H3,(H,35,37)/t24-/m1/s1. The molecule has 1 saturated heterocycles. The van der Waals surface area contributed by atoms with Crippen LogP contribution in [0.4, 0.5) is 20.3 Å². The first-order valence-electron chi connectivity index (χ1n) is 14.4. The van der Waals surface area contributed by atoms with Gasteiger partial charge in [0.1, 0.15) is 12.2 Å². The topological polar surface area (TPSA) is 150 Å². The van der Waals surface area contributed by atoms with Crippen molar-refractivity contribution < 1.29 is 18.4 Å². The highest BCUT2D eigenvalue weighted by Gasteiger charge is 2.29. The van der Waals surface area contributed by atoms with Crippen LogP contribution in [0.25, 0.3) is 16.9 Å². The van der Waals surface area contributed by atoms with E-state index in [1.54, 1.807) is 32.5 Å². The van der Waals surface area contributed by atoms with E-state index in [1.165, 1.54) is 23.3 Å². The number of aryl methyl sites for hydroxylation is 1. The molecule has 2 amide bonds. The summed E-state index contributed by atoms with van der Waals surface area (Å²) >= 11 is 0. The highest BCUT2D eigenvalue weighted by molar-refractivity contribution is 5.96. The van der Waals surface area contributed by atoms with Gasteiger partial charge in [0.2, 0.25) is 5.91 Å². The minimum Gasteiger partial charge on any atom is -0.338 e. The van der Waals surface area contributed by atoms with Crippen molar-refractivity contribution in [3.63, 3.8) is 0 Å². The Morgan fingerprint density at radius 1 is 1.14 bits per heavy atom. The molecule has 0 radical (unpaired) electrons. The quantitative estimate of drug-likeness (QED) is 0.294. The highest BCUT2D eigenvalue weighted by atomic mass is 19.3. The molecule has 5 rings (SSSR count). The van der Waals surface area contributed by atoms with Gasteiger partial charge in [0.15, 0.2) is 11.5 Å².